The maximum atomic E-state index is 4.70. The Morgan fingerprint density at radius 1 is 1.22 bits per heavy atom. The highest BCUT2D eigenvalue weighted by molar-refractivity contribution is 5.79. The van der Waals surface area contributed by atoms with Crippen molar-refractivity contribution in [3.63, 3.8) is 0 Å². The van der Waals surface area contributed by atoms with E-state index in [4.69, 9.17) is 4.99 Å². The van der Waals surface area contributed by atoms with Crippen molar-refractivity contribution < 1.29 is 0 Å². The minimum Gasteiger partial charge on any atom is -0.357 e. The summed E-state index contributed by atoms with van der Waals surface area (Å²) in [6, 6.07) is 8.63. The number of nitrogens with one attached hydrogen (secondary N) is 1. The zero-order valence-electron chi connectivity index (χ0n) is 14.6. The molecule has 1 aromatic carbocycles. The summed E-state index contributed by atoms with van der Waals surface area (Å²) in [7, 11) is 2.07. The molecule has 0 saturated carbocycles. The molecule has 0 aliphatic rings. The summed E-state index contributed by atoms with van der Waals surface area (Å²) in [6.07, 6.45) is 3.91. The highest BCUT2D eigenvalue weighted by atomic mass is 15.3. The van der Waals surface area contributed by atoms with Crippen LogP contribution in [0.4, 0.5) is 0 Å². The van der Waals surface area contributed by atoms with Crippen LogP contribution < -0.4 is 5.32 Å². The fourth-order valence-corrected chi connectivity index (χ4v) is 2.36. The summed E-state index contributed by atoms with van der Waals surface area (Å²) in [5, 5.41) is 7.64. The first-order valence-corrected chi connectivity index (χ1v) is 8.12. The van der Waals surface area contributed by atoms with Crippen LogP contribution in [0.2, 0.25) is 0 Å². The second-order valence-corrected chi connectivity index (χ2v) is 5.86. The van der Waals surface area contributed by atoms with E-state index in [2.05, 4.69) is 60.5 Å². The van der Waals surface area contributed by atoms with Gasteiger partial charge in [0.2, 0.25) is 0 Å². The Bertz CT molecular complexity index is 627. The summed E-state index contributed by atoms with van der Waals surface area (Å²) >= 11 is 0. The first-order valence-electron chi connectivity index (χ1n) is 8.12. The second kappa shape index (κ2) is 8.36. The van der Waals surface area contributed by atoms with Crippen LogP contribution in [-0.4, -0.2) is 40.8 Å². The van der Waals surface area contributed by atoms with Crippen LogP contribution in [-0.2, 0) is 13.1 Å². The van der Waals surface area contributed by atoms with Crippen molar-refractivity contribution in [2.24, 2.45) is 4.99 Å². The van der Waals surface area contributed by atoms with Crippen LogP contribution in [0.25, 0.3) is 0 Å². The van der Waals surface area contributed by atoms with Crippen molar-refractivity contribution in [2.45, 2.75) is 33.9 Å². The maximum Gasteiger partial charge on any atom is 0.194 e. The molecule has 1 aromatic heterocycles. The number of hydrogen-bond acceptors (Lipinski definition) is 2. The van der Waals surface area contributed by atoms with Crippen LogP contribution in [0.1, 0.15) is 23.6 Å². The number of aryl methyl sites for hydroxylation is 2. The van der Waals surface area contributed by atoms with E-state index in [1.807, 2.05) is 24.0 Å². The van der Waals surface area contributed by atoms with E-state index >= 15 is 0 Å². The van der Waals surface area contributed by atoms with Gasteiger partial charge in [-0.25, -0.2) is 0 Å². The molecule has 0 atom stereocenters. The van der Waals surface area contributed by atoms with E-state index in [0.29, 0.717) is 6.54 Å². The van der Waals surface area contributed by atoms with Crippen LogP contribution in [0.3, 0.4) is 0 Å². The third-order valence-electron chi connectivity index (χ3n) is 3.59. The number of benzene rings is 1. The number of guanidine groups is 1. The number of rotatable bonds is 6. The van der Waals surface area contributed by atoms with Crippen molar-refractivity contribution in [1.82, 2.24) is 20.0 Å². The van der Waals surface area contributed by atoms with Gasteiger partial charge in [-0.2, -0.15) is 5.10 Å². The zero-order valence-corrected chi connectivity index (χ0v) is 14.6. The van der Waals surface area contributed by atoms with Crippen LogP contribution in [0.15, 0.2) is 41.7 Å². The zero-order chi connectivity index (χ0) is 16.7. The molecule has 0 fully saturated rings. The monoisotopic (exact) mass is 313 g/mol. The smallest absolute Gasteiger partial charge is 0.194 e. The second-order valence-electron chi connectivity index (χ2n) is 5.86. The van der Waals surface area contributed by atoms with Gasteiger partial charge in [0.25, 0.3) is 0 Å². The first kappa shape index (κ1) is 17.1. The molecule has 0 amide bonds. The molecule has 0 aliphatic heterocycles. The lowest BCUT2D eigenvalue weighted by atomic mass is 10.1. The molecule has 23 heavy (non-hydrogen) atoms. The van der Waals surface area contributed by atoms with Gasteiger partial charge >= 0.3 is 0 Å². The number of aromatic nitrogens is 2. The van der Waals surface area contributed by atoms with Gasteiger partial charge in [-0.15, -0.1) is 0 Å². The molecule has 1 N–H and O–H groups in total. The van der Waals surface area contributed by atoms with Gasteiger partial charge < -0.3 is 10.2 Å². The standard InChI is InChI=1S/C18H27N5/c1-5-19-18(20-10-11-23-13-16(3)12-21-23)22(4)14-17-8-6-15(2)7-9-17/h6-9,12-13H,5,10-11,14H2,1-4H3,(H,19,20). The normalized spacial score (nSPS) is 11.6. The van der Waals surface area contributed by atoms with Crippen LogP contribution >= 0.6 is 0 Å². The van der Waals surface area contributed by atoms with E-state index < -0.39 is 0 Å². The molecule has 5 nitrogen and oxygen atoms in total. The van der Waals surface area contributed by atoms with Crippen molar-refractivity contribution in [1.29, 1.82) is 0 Å². The Labute approximate surface area is 139 Å². The highest BCUT2D eigenvalue weighted by Crippen LogP contribution is 2.06. The Hall–Kier alpha value is -2.30. The van der Waals surface area contributed by atoms with Gasteiger partial charge in [-0.05, 0) is 31.9 Å². The minimum absolute atomic E-state index is 0.710. The quantitative estimate of drug-likeness (QED) is 0.658. The molecule has 2 aromatic rings. The number of hydrogen-bond donors (Lipinski definition) is 1. The molecule has 5 heteroatoms. The maximum absolute atomic E-state index is 4.70. The SMILES string of the molecule is CCNC(=NCCn1cc(C)cn1)N(C)Cc1ccc(C)cc1. The van der Waals surface area contributed by atoms with E-state index in [0.717, 1.165) is 25.6 Å². The fraction of sp³-hybridized carbons (Fsp3) is 0.444. The predicted octanol–water partition coefficient (Wildman–Crippen LogP) is 2.60. The molecular formula is C18H27N5. The van der Waals surface area contributed by atoms with Gasteiger partial charge in [0.1, 0.15) is 0 Å². The summed E-state index contributed by atoms with van der Waals surface area (Å²) in [4.78, 5) is 6.86. The topological polar surface area (TPSA) is 45.5 Å². The highest BCUT2D eigenvalue weighted by Gasteiger charge is 2.06. The molecule has 2 rings (SSSR count). The largest absolute Gasteiger partial charge is 0.357 e. The molecular weight excluding hydrogens is 286 g/mol. The molecule has 0 radical (unpaired) electrons. The summed E-state index contributed by atoms with van der Waals surface area (Å²) in [5.41, 5.74) is 3.75. The van der Waals surface area contributed by atoms with Crippen molar-refractivity contribution in [2.75, 3.05) is 20.1 Å². The fourth-order valence-electron chi connectivity index (χ4n) is 2.36. The van der Waals surface area contributed by atoms with Crippen molar-refractivity contribution >= 4 is 5.96 Å². The lowest BCUT2D eigenvalue weighted by Crippen LogP contribution is -2.38. The lowest BCUT2D eigenvalue weighted by Gasteiger charge is -2.22. The van der Waals surface area contributed by atoms with Crippen LogP contribution in [0, 0.1) is 13.8 Å². The van der Waals surface area contributed by atoms with Gasteiger partial charge in [-0.3, -0.25) is 9.67 Å². The Kier molecular flexibility index (Phi) is 6.20. The van der Waals surface area contributed by atoms with Gasteiger partial charge in [0, 0.05) is 26.3 Å². The number of aliphatic imine (C=N–C) groups is 1. The van der Waals surface area contributed by atoms with Gasteiger partial charge in [-0.1, -0.05) is 29.8 Å². The summed E-state index contributed by atoms with van der Waals surface area (Å²) in [5.74, 6) is 0.928. The molecule has 1 heterocycles. The molecule has 0 bridgehead atoms. The van der Waals surface area contributed by atoms with E-state index in [-0.39, 0.29) is 0 Å². The third-order valence-corrected chi connectivity index (χ3v) is 3.59. The van der Waals surface area contributed by atoms with Crippen molar-refractivity contribution in [3.8, 4) is 0 Å². The summed E-state index contributed by atoms with van der Waals surface area (Å²) in [6.45, 7) is 9.45. The van der Waals surface area contributed by atoms with E-state index in [1.54, 1.807) is 0 Å². The first-order chi connectivity index (χ1) is 11.1. The third kappa shape index (κ3) is 5.43. The predicted molar refractivity (Wildman–Crippen MR) is 95.6 cm³/mol. The van der Waals surface area contributed by atoms with Crippen molar-refractivity contribution in [3.05, 3.63) is 53.3 Å². The Morgan fingerprint density at radius 3 is 2.57 bits per heavy atom. The molecule has 0 aliphatic carbocycles. The molecule has 0 saturated heterocycles. The van der Waals surface area contributed by atoms with E-state index in [1.165, 1.54) is 16.7 Å². The summed E-state index contributed by atoms with van der Waals surface area (Å²) < 4.78 is 1.93. The average molecular weight is 313 g/mol. The average Bonchev–Trinajstić information content (AvgIpc) is 2.94. The van der Waals surface area contributed by atoms with E-state index in [9.17, 15) is 0 Å². The lowest BCUT2D eigenvalue weighted by molar-refractivity contribution is 0.474. The molecule has 0 unspecified atom stereocenters. The van der Waals surface area contributed by atoms with Crippen LogP contribution in [0.5, 0.6) is 0 Å². The minimum atomic E-state index is 0.710. The Balaban J connectivity index is 1.95. The Morgan fingerprint density at radius 2 is 1.96 bits per heavy atom. The van der Waals surface area contributed by atoms with Gasteiger partial charge in [0.15, 0.2) is 5.96 Å². The molecule has 0 spiro atoms. The molecule has 124 valence electrons. The van der Waals surface area contributed by atoms with Gasteiger partial charge in [0.05, 0.1) is 19.3 Å². The number of nitrogens with zero attached hydrogens (tertiary/aromatic N) is 4.